The van der Waals surface area contributed by atoms with Gasteiger partial charge in [-0.3, -0.25) is 4.90 Å². The zero-order chi connectivity index (χ0) is 19.8. The number of hydrogen-bond donors (Lipinski definition) is 1. The van der Waals surface area contributed by atoms with E-state index in [1.165, 1.54) is 5.56 Å². The highest BCUT2D eigenvalue weighted by atomic mass is 35.5. The molecule has 4 nitrogen and oxygen atoms in total. The predicted molar refractivity (Wildman–Crippen MR) is 115 cm³/mol. The van der Waals surface area contributed by atoms with Crippen LogP contribution in [-0.2, 0) is 16.9 Å². The highest BCUT2D eigenvalue weighted by Gasteiger charge is 2.33. The van der Waals surface area contributed by atoms with Crippen molar-refractivity contribution in [2.75, 3.05) is 46.4 Å². The molecule has 3 rings (SSSR count). The number of nitrogens with zero attached hydrogens (tertiary/aromatic N) is 2. The Hall–Kier alpha value is -1.43. The molecular formula is C23H31ClN2O2. The molecule has 0 aliphatic carbocycles. The molecule has 0 saturated carbocycles. The van der Waals surface area contributed by atoms with Gasteiger partial charge >= 0.3 is 0 Å². The normalized spacial score (nSPS) is 17.1. The van der Waals surface area contributed by atoms with Crippen LogP contribution in [0.3, 0.4) is 0 Å². The maximum atomic E-state index is 11.0. The summed E-state index contributed by atoms with van der Waals surface area (Å²) >= 11 is 5.98. The van der Waals surface area contributed by atoms with Crippen molar-refractivity contribution < 1.29 is 9.84 Å². The number of rotatable bonds is 9. The number of benzene rings is 2. The van der Waals surface area contributed by atoms with Gasteiger partial charge in [0, 0.05) is 51.4 Å². The molecule has 0 aromatic heterocycles. The van der Waals surface area contributed by atoms with Crippen LogP contribution in [0.2, 0.25) is 5.02 Å². The summed E-state index contributed by atoms with van der Waals surface area (Å²) in [4.78, 5) is 4.90. The van der Waals surface area contributed by atoms with Gasteiger partial charge < -0.3 is 14.7 Å². The molecule has 0 radical (unpaired) electrons. The number of ether oxygens (including phenoxy) is 1. The lowest BCUT2D eigenvalue weighted by Crippen LogP contribution is -2.45. The minimum absolute atomic E-state index is 0.708. The van der Waals surface area contributed by atoms with Crippen LogP contribution in [0.4, 0.5) is 0 Å². The first-order valence-electron chi connectivity index (χ1n) is 10.0. The summed E-state index contributed by atoms with van der Waals surface area (Å²) in [7, 11) is 1.75. The van der Waals surface area contributed by atoms with Crippen LogP contribution in [0.15, 0.2) is 54.6 Å². The standard InChI is InChI=1S/C23H31ClN2O2/c1-28-18-17-26(19-20-5-3-2-4-6-20)16-15-25-13-11-23(27,12-14-25)21-7-9-22(24)10-8-21/h2-10,27H,11-19H2,1H3. The quantitative estimate of drug-likeness (QED) is 0.692. The summed E-state index contributed by atoms with van der Waals surface area (Å²) in [5, 5.41) is 11.8. The summed E-state index contributed by atoms with van der Waals surface area (Å²) in [6.45, 7) is 6.42. The molecule has 1 N–H and O–H groups in total. The molecule has 1 aliphatic rings. The van der Waals surface area contributed by atoms with Crippen LogP contribution in [0.5, 0.6) is 0 Å². The second kappa shape index (κ2) is 10.4. The van der Waals surface area contributed by atoms with E-state index in [0.717, 1.165) is 64.3 Å². The van der Waals surface area contributed by atoms with E-state index >= 15 is 0 Å². The van der Waals surface area contributed by atoms with Gasteiger partial charge in [-0.05, 0) is 36.1 Å². The van der Waals surface area contributed by atoms with Crippen molar-refractivity contribution in [3.63, 3.8) is 0 Å². The van der Waals surface area contributed by atoms with Crippen molar-refractivity contribution in [1.82, 2.24) is 9.80 Å². The first kappa shape index (κ1) is 21.3. The summed E-state index contributed by atoms with van der Waals surface area (Å²) in [5.41, 5.74) is 1.57. The number of methoxy groups -OCH3 is 1. The van der Waals surface area contributed by atoms with Crippen LogP contribution < -0.4 is 0 Å². The maximum absolute atomic E-state index is 11.0. The van der Waals surface area contributed by atoms with Crippen molar-refractivity contribution in [3.05, 3.63) is 70.7 Å². The smallest absolute Gasteiger partial charge is 0.0920 e. The lowest BCUT2D eigenvalue weighted by Gasteiger charge is -2.39. The van der Waals surface area contributed by atoms with Gasteiger partial charge in [-0.25, -0.2) is 0 Å². The SMILES string of the molecule is COCCN(CCN1CCC(O)(c2ccc(Cl)cc2)CC1)Cc1ccccc1. The Morgan fingerprint density at radius 1 is 1.04 bits per heavy atom. The van der Waals surface area contributed by atoms with E-state index < -0.39 is 5.60 Å². The van der Waals surface area contributed by atoms with Crippen molar-refractivity contribution in [1.29, 1.82) is 0 Å². The molecule has 2 aromatic carbocycles. The summed E-state index contributed by atoms with van der Waals surface area (Å²) < 4.78 is 5.29. The van der Waals surface area contributed by atoms with E-state index in [2.05, 4.69) is 40.1 Å². The molecule has 0 bridgehead atoms. The molecule has 28 heavy (non-hydrogen) atoms. The molecule has 1 saturated heterocycles. The number of halogens is 1. The van der Waals surface area contributed by atoms with Gasteiger partial charge in [0.2, 0.25) is 0 Å². The fourth-order valence-electron chi connectivity index (χ4n) is 3.81. The first-order valence-corrected chi connectivity index (χ1v) is 10.4. The van der Waals surface area contributed by atoms with Crippen LogP contribution in [0.1, 0.15) is 24.0 Å². The monoisotopic (exact) mass is 402 g/mol. The van der Waals surface area contributed by atoms with Gasteiger partial charge in [0.05, 0.1) is 12.2 Å². The van der Waals surface area contributed by atoms with Gasteiger partial charge in [0.1, 0.15) is 0 Å². The van der Waals surface area contributed by atoms with Gasteiger partial charge in [0.15, 0.2) is 0 Å². The Kier molecular flexibility index (Phi) is 7.89. The first-order chi connectivity index (χ1) is 13.6. The van der Waals surface area contributed by atoms with E-state index in [4.69, 9.17) is 16.3 Å². The summed E-state index contributed by atoms with van der Waals surface area (Å²) in [6, 6.07) is 18.2. The summed E-state index contributed by atoms with van der Waals surface area (Å²) in [5.74, 6) is 0. The Bertz CT molecular complexity index is 700. The van der Waals surface area contributed by atoms with E-state index in [-0.39, 0.29) is 0 Å². The Morgan fingerprint density at radius 2 is 1.71 bits per heavy atom. The molecule has 0 atom stereocenters. The van der Waals surface area contributed by atoms with E-state index in [0.29, 0.717) is 5.02 Å². The molecule has 1 heterocycles. The van der Waals surface area contributed by atoms with Gasteiger partial charge in [0.25, 0.3) is 0 Å². The molecule has 2 aromatic rings. The van der Waals surface area contributed by atoms with Crippen molar-refractivity contribution in [3.8, 4) is 0 Å². The largest absolute Gasteiger partial charge is 0.385 e. The Balaban J connectivity index is 1.50. The molecule has 0 amide bonds. The van der Waals surface area contributed by atoms with Crippen molar-refractivity contribution in [2.45, 2.75) is 25.0 Å². The third kappa shape index (κ3) is 6.03. The number of likely N-dealkylation sites (tertiary alicyclic amines) is 1. The van der Waals surface area contributed by atoms with Crippen LogP contribution >= 0.6 is 11.6 Å². The van der Waals surface area contributed by atoms with Gasteiger partial charge in [-0.15, -0.1) is 0 Å². The van der Waals surface area contributed by atoms with Gasteiger partial charge in [-0.1, -0.05) is 54.1 Å². The van der Waals surface area contributed by atoms with E-state index in [1.807, 2.05) is 24.3 Å². The second-order valence-electron chi connectivity index (χ2n) is 7.63. The lowest BCUT2D eigenvalue weighted by molar-refractivity contribution is -0.0276. The number of aliphatic hydroxyl groups is 1. The molecule has 0 unspecified atom stereocenters. The third-order valence-electron chi connectivity index (χ3n) is 5.66. The highest BCUT2D eigenvalue weighted by Crippen LogP contribution is 2.33. The van der Waals surface area contributed by atoms with Crippen LogP contribution in [0, 0.1) is 0 Å². The molecule has 1 aliphatic heterocycles. The molecule has 152 valence electrons. The highest BCUT2D eigenvalue weighted by molar-refractivity contribution is 6.30. The second-order valence-corrected chi connectivity index (χ2v) is 8.07. The van der Waals surface area contributed by atoms with Crippen molar-refractivity contribution in [2.24, 2.45) is 0 Å². The zero-order valence-corrected chi connectivity index (χ0v) is 17.4. The summed E-state index contributed by atoms with van der Waals surface area (Å²) in [6.07, 6.45) is 1.51. The number of piperidine rings is 1. The third-order valence-corrected chi connectivity index (χ3v) is 5.91. The molecular weight excluding hydrogens is 372 g/mol. The van der Waals surface area contributed by atoms with Crippen molar-refractivity contribution >= 4 is 11.6 Å². The Morgan fingerprint density at radius 3 is 2.36 bits per heavy atom. The average Bonchev–Trinajstić information content (AvgIpc) is 2.72. The Labute approximate surface area is 173 Å². The topological polar surface area (TPSA) is 35.9 Å². The van der Waals surface area contributed by atoms with Gasteiger partial charge in [-0.2, -0.15) is 0 Å². The van der Waals surface area contributed by atoms with Crippen LogP contribution in [-0.4, -0.2) is 61.3 Å². The van der Waals surface area contributed by atoms with E-state index in [1.54, 1.807) is 7.11 Å². The number of hydrogen-bond acceptors (Lipinski definition) is 4. The lowest BCUT2D eigenvalue weighted by atomic mass is 9.84. The van der Waals surface area contributed by atoms with Crippen LogP contribution in [0.25, 0.3) is 0 Å². The fourth-order valence-corrected chi connectivity index (χ4v) is 3.94. The predicted octanol–water partition coefficient (Wildman–Crippen LogP) is 3.77. The minimum atomic E-state index is -0.735. The fraction of sp³-hybridized carbons (Fsp3) is 0.478. The average molecular weight is 403 g/mol. The molecule has 1 fully saturated rings. The van der Waals surface area contributed by atoms with E-state index in [9.17, 15) is 5.11 Å². The zero-order valence-electron chi connectivity index (χ0n) is 16.7. The molecule has 0 spiro atoms. The minimum Gasteiger partial charge on any atom is -0.385 e. The molecule has 5 heteroatoms. The maximum Gasteiger partial charge on any atom is 0.0920 e.